The molecule has 2 atom stereocenters. The van der Waals surface area contributed by atoms with Crippen LogP contribution in [-0.4, -0.2) is 13.1 Å². The minimum atomic E-state index is -0.512. The Labute approximate surface area is 228 Å². The van der Waals surface area contributed by atoms with Crippen LogP contribution in [0.5, 0.6) is 0 Å². The minimum absolute atomic E-state index is 0.0283. The van der Waals surface area contributed by atoms with Crippen molar-refractivity contribution in [3.05, 3.63) is 119 Å². The highest BCUT2D eigenvalue weighted by Crippen LogP contribution is 2.48. The Morgan fingerprint density at radius 1 is 0.590 bits per heavy atom. The molecule has 0 radical (unpaired) electrons. The molecule has 4 N–H and O–H groups in total. The van der Waals surface area contributed by atoms with E-state index in [9.17, 15) is 0 Å². The van der Waals surface area contributed by atoms with Crippen LogP contribution in [0, 0.1) is 11.6 Å². The van der Waals surface area contributed by atoms with Gasteiger partial charge in [0.15, 0.2) is 11.6 Å². The smallest absolute Gasteiger partial charge is 0.151 e. The molecule has 0 saturated carbocycles. The van der Waals surface area contributed by atoms with E-state index in [0.29, 0.717) is 36.1 Å². The lowest BCUT2D eigenvalue weighted by Gasteiger charge is -2.36. The number of hydrogen-bond acceptors (Lipinski definition) is 4. The molecule has 200 valence electrons. The second-order valence-corrected chi connectivity index (χ2v) is 10.8. The molecule has 2 heterocycles. The van der Waals surface area contributed by atoms with Crippen molar-refractivity contribution in [2.75, 3.05) is 34.4 Å². The third-order valence-corrected chi connectivity index (χ3v) is 8.41. The monoisotopic (exact) mass is 524 g/mol. The van der Waals surface area contributed by atoms with E-state index in [-0.39, 0.29) is 17.8 Å². The fraction of sp³-hybridized carbons (Fsp3) is 0.273. The molecule has 6 rings (SSSR count). The SMILES string of the molecule is Nc1ccc(C2CC[C@@H](c3ccc(N)cc3)N2c2cc(F)c(N3CCC(c4ccccc4)CC3)c(F)c2)cc1. The van der Waals surface area contributed by atoms with Crippen LogP contribution in [0.4, 0.5) is 31.5 Å². The topological polar surface area (TPSA) is 58.5 Å². The summed E-state index contributed by atoms with van der Waals surface area (Å²) in [6.07, 6.45) is 3.46. The molecule has 39 heavy (non-hydrogen) atoms. The van der Waals surface area contributed by atoms with Gasteiger partial charge < -0.3 is 21.3 Å². The zero-order valence-corrected chi connectivity index (χ0v) is 21.9. The lowest BCUT2D eigenvalue weighted by molar-refractivity contribution is 0.486. The highest BCUT2D eigenvalue weighted by atomic mass is 19.1. The zero-order valence-electron chi connectivity index (χ0n) is 21.9. The van der Waals surface area contributed by atoms with Crippen molar-refractivity contribution in [3.63, 3.8) is 0 Å². The first-order chi connectivity index (χ1) is 19.0. The largest absolute Gasteiger partial charge is 0.399 e. The summed E-state index contributed by atoms with van der Waals surface area (Å²) in [6, 6.07) is 28.9. The summed E-state index contributed by atoms with van der Waals surface area (Å²) in [5, 5.41) is 0. The van der Waals surface area contributed by atoms with Gasteiger partial charge in [0.05, 0.1) is 12.1 Å². The second-order valence-electron chi connectivity index (χ2n) is 10.8. The third-order valence-electron chi connectivity index (χ3n) is 8.41. The van der Waals surface area contributed by atoms with Gasteiger partial charge in [0, 0.05) is 30.2 Å². The van der Waals surface area contributed by atoms with Crippen molar-refractivity contribution in [2.24, 2.45) is 0 Å². The van der Waals surface area contributed by atoms with Crippen LogP contribution in [0.2, 0.25) is 0 Å². The number of nitrogens with two attached hydrogens (primary N) is 2. The van der Waals surface area contributed by atoms with Crippen molar-refractivity contribution >= 4 is 22.7 Å². The molecule has 4 nitrogen and oxygen atoms in total. The van der Waals surface area contributed by atoms with Gasteiger partial charge in [0.1, 0.15) is 5.69 Å². The number of hydrogen-bond donors (Lipinski definition) is 2. The molecule has 1 unspecified atom stereocenters. The van der Waals surface area contributed by atoms with Gasteiger partial charge in [0.2, 0.25) is 0 Å². The highest BCUT2D eigenvalue weighted by Gasteiger charge is 2.37. The van der Waals surface area contributed by atoms with Crippen LogP contribution in [0.3, 0.4) is 0 Å². The van der Waals surface area contributed by atoms with Crippen LogP contribution in [0.25, 0.3) is 0 Å². The summed E-state index contributed by atoms with van der Waals surface area (Å²) in [6.45, 7) is 1.25. The maximum atomic E-state index is 15.8. The first kappa shape index (κ1) is 25.2. The molecular formula is C33H34F2N4. The highest BCUT2D eigenvalue weighted by molar-refractivity contribution is 5.62. The van der Waals surface area contributed by atoms with Crippen LogP contribution < -0.4 is 21.3 Å². The van der Waals surface area contributed by atoms with Crippen LogP contribution in [0.15, 0.2) is 91.0 Å². The zero-order chi connectivity index (χ0) is 26.9. The van der Waals surface area contributed by atoms with Crippen molar-refractivity contribution in [1.82, 2.24) is 0 Å². The van der Waals surface area contributed by atoms with E-state index in [0.717, 1.165) is 36.8 Å². The molecule has 2 fully saturated rings. The standard InChI is InChI=1S/C33H34F2N4/c34-29-20-28(21-30(35)33(29)38-18-16-23(17-19-38)22-4-2-1-3-5-22)39-31(24-6-10-26(36)11-7-24)14-15-32(39)25-8-12-27(37)13-9-25/h1-13,20-21,23,31-32H,14-19,36-37H2/t31-,32?/m0/s1. The lowest BCUT2D eigenvalue weighted by atomic mass is 9.89. The quantitative estimate of drug-likeness (QED) is 0.264. The first-order valence-electron chi connectivity index (χ1n) is 13.8. The van der Waals surface area contributed by atoms with Crippen LogP contribution >= 0.6 is 0 Å². The molecule has 4 aromatic carbocycles. The number of piperidine rings is 1. The number of nitrogen functional groups attached to an aromatic ring is 2. The molecule has 0 aromatic heterocycles. The molecule has 2 aliphatic rings. The van der Waals surface area contributed by atoms with E-state index in [1.165, 1.54) is 17.7 Å². The Balaban J connectivity index is 1.31. The van der Waals surface area contributed by atoms with Crippen molar-refractivity contribution < 1.29 is 8.78 Å². The van der Waals surface area contributed by atoms with E-state index in [1.54, 1.807) is 0 Å². The third kappa shape index (κ3) is 5.03. The second kappa shape index (κ2) is 10.6. The first-order valence-corrected chi connectivity index (χ1v) is 13.8. The van der Waals surface area contributed by atoms with Gasteiger partial charge in [-0.3, -0.25) is 0 Å². The minimum Gasteiger partial charge on any atom is -0.399 e. The summed E-state index contributed by atoms with van der Waals surface area (Å²) < 4.78 is 31.6. The number of halogens is 2. The van der Waals surface area contributed by atoms with E-state index >= 15 is 8.78 Å². The molecule has 4 aromatic rings. The summed E-state index contributed by atoms with van der Waals surface area (Å²) in [7, 11) is 0. The van der Waals surface area contributed by atoms with Gasteiger partial charge in [-0.2, -0.15) is 0 Å². The van der Waals surface area contributed by atoms with Crippen molar-refractivity contribution in [3.8, 4) is 0 Å². The van der Waals surface area contributed by atoms with E-state index in [1.807, 2.05) is 71.6 Å². The van der Waals surface area contributed by atoms with E-state index < -0.39 is 11.6 Å². The molecule has 6 heteroatoms. The summed E-state index contributed by atoms with van der Waals surface area (Å²) in [5.41, 5.74) is 17.4. The van der Waals surface area contributed by atoms with Crippen molar-refractivity contribution in [1.29, 1.82) is 0 Å². The van der Waals surface area contributed by atoms with Crippen LogP contribution in [-0.2, 0) is 0 Å². The average Bonchev–Trinajstić information content (AvgIpc) is 3.39. The summed E-state index contributed by atoms with van der Waals surface area (Å²) in [5.74, 6) is -0.608. The normalized spacial score (nSPS) is 19.9. The Morgan fingerprint density at radius 2 is 1.08 bits per heavy atom. The molecule has 2 saturated heterocycles. The summed E-state index contributed by atoms with van der Waals surface area (Å²) in [4.78, 5) is 4.03. The maximum absolute atomic E-state index is 15.8. The van der Waals surface area contributed by atoms with Crippen molar-refractivity contribution in [2.45, 2.75) is 43.7 Å². The average molecular weight is 525 g/mol. The Kier molecular flexibility index (Phi) is 6.86. The fourth-order valence-corrected chi connectivity index (χ4v) is 6.43. The Bertz CT molecular complexity index is 1340. The van der Waals surface area contributed by atoms with E-state index in [2.05, 4.69) is 17.0 Å². The van der Waals surface area contributed by atoms with Gasteiger partial charge in [-0.05, 0) is 84.7 Å². The van der Waals surface area contributed by atoms with Gasteiger partial charge in [-0.1, -0.05) is 54.6 Å². The molecule has 0 bridgehead atoms. The molecule has 2 aliphatic heterocycles. The van der Waals surface area contributed by atoms with Gasteiger partial charge in [-0.15, -0.1) is 0 Å². The number of rotatable bonds is 5. The molecule has 0 aliphatic carbocycles. The van der Waals surface area contributed by atoms with Crippen LogP contribution in [0.1, 0.15) is 60.4 Å². The lowest BCUT2D eigenvalue weighted by Crippen LogP contribution is -2.34. The predicted molar refractivity (Wildman–Crippen MR) is 156 cm³/mol. The molecule has 0 amide bonds. The number of benzene rings is 4. The molecule has 0 spiro atoms. The number of nitrogens with zero attached hydrogens (tertiary/aromatic N) is 2. The Hall–Kier alpha value is -4.06. The van der Waals surface area contributed by atoms with E-state index in [4.69, 9.17) is 11.5 Å². The molecular weight excluding hydrogens is 490 g/mol. The predicted octanol–water partition coefficient (Wildman–Crippen LogP) is 7.60. The van der Waals surface area contributed by atoms with Gasteiger partial charge >= 0.3 is 0 Å². The fourth-order valence-electron chi connectivity index (χ4n) is 6.43. The Morgan fingerprint density at radius 3 is 1.56 bits per heavy atom. The maximum Gasteiger partial charge on any atom is 0.151 e. The van der Waals surface area contributed by atoms with Gasteiger partial charge in [0.25, 0.3) is 0 Å². The number of anilines is 4. The summed E-state index contributed by atoms with van der Waals surface area (Å²) >= 11 is 0. The van der Waals surface area contributed by atoms with Gasteiger partial charge in [-0.25, -0.2) is 8.78 Å².